The Morgan fingerprint density at radius 3 is 2.51 bits per heavy atom. The largest absolute Gasteiger partial charge is 0.497 e. The van der Waals surface area contributed by atoms with Gasteiger partial charge in [-0.15, -0.1) is 0 Å². The van der Waals surface area contributed by atoms with Crippen LogP contribution in [0.25, 0.3) is 0 Å². The van der Waals surface area contributed by atoms with E-state index in [1.54, 1.807) is 7.11 Å². The lowest BCUT2D eigenvalue weighted by molar-refractivity contribution is 0.159. The maximum Gasteiger partial charge on any atom is 0.159 e. The molecule has 0 N–H and O–H groups in total. The summed E-state index contributed by atoms with van der Waals surface area (Å²) in [7, 11) is 1.69. The predicted octanol–water partition coefficient (Wildman–Crippen LogP) is 5.26. The zero-order chi connectivity index (χ0) is 25.8. The number of ether oxygens (including phenoxy) is 1. The molecule has 37 heavy (non-hydrogen) atoms. The Bertz CT molecular complexity index is 1250. The number of nitrogens with zero attached hydrogens (tertiary/aromatic N) is 4. The monoisotopic (exact) mass is 506 g/mol. The molecule has 0 amide bonds. The van der Waals surface area contributed by atoms with Gasteiger partial charge >= 0.3 is 0 Å². The van der Waals surface area contributed by atoms with E-state index in [1.807, 2.05) is 37.4 Å². The lowest BCUT2D eigenvalue weighted by Crippen LogP contribution is -2.30. The molecule has 0 radical (unpaired) electrons. The van der Waals surface area contributed by atoms with Crippen LogP contribution in [0.1, 0.15) is 36.6 Å². The van der Waals surface area contributed by atoms with Gasteiger partial charge in [0.25, 0.3) is 0 Å². The van der Waals surface area contributed by atoms with Crippen molar-refractivity contribution in [3.05, 3.63) is 89.2 Å². The summed E-state index contributed by atoms with van der Waals surface area (Å²) in [5.41, 5.74) is 4.01. The Labute approximate surface area is 216 Å². The molecule has 1 aromatic heterocycles. The van der Waals surface area contributed by atoms with Gasteiger partial charge in [-0.05, 0) is 80.4 Å². The molecular weight excluding hydrogens is 474 g/mol. The first kappa shape index (κ1) is 25.1. The maximum atomic E-state index is 13.8. The molecule has 1 atom stereocenters. The number of pyridine rings is 1. The van der Waals surface area contributed by atoms with Crippen molar-refractivity contribution in [1.82, 2.24) is 9.88 Å². The average Bonchev–Trinajstić information content (AvgIpc) is 3.53. The van der Waals surface area contributed by atoms with Gasteiger partial charge in [0.2, 0.25) is 0 Å². The number of benzene rings is 2. The van der Waals surface area contributed by atoms with Crippen molar-refractivity contribution >= 4 is 11.4 Å². The molecule has 2 aliphatic rings. The number of oxime groups is 1. The molecule has 194 valence electrons. The van der Waals surface area contributed by atoms with Crippen LogP contribution in [-0.4, -0.2) is 55.5 Å². The summed E-state index contributed by atoms with van der Waals surface area (Å²) in [6, 6.07) is 15.9. The smallest absolute Gasteiger partial charge is 0.159 e. The SMILES string of the molecule is CCO/N=C(\c1ccc(F)c(F)c1)c1ccc(CN2CCC3(CCN(c4ccc(OC)cc4)C3)C2)cn1. The summed E-state index contributed by atoms with van der Waals surface area (Å²) in [6.07, 6.45) is 4.21. The van der Waals surface area contributed by atoms with Crippen LogP contribution in [0.5, 0.6) is 5.75 Å². The number of anilines is 1. The zero-order valence-corrected chi connectivity index (χ0v) is 21.3. The van der Waals surface area contributed by atoms with Crippen LogP contribution in [0.4, 0.5) is 14.5 Å². The quantitative estimate of drug-likeness (QED) is 0.308. The van der Waals surface area contributed by atoms with Crippen LogP contribution in [0, 0.1) is 17.0 Å². The van der Waals surface area contributed by atoms with Gasteiger partial charge in [-0.25, -0.2) is 8.78 Å². The third-order valence-corrected chi connectivity index (χ3v) is 7.34. The first-order chi connectivity index (χ1) is 18.0. The molecule has 0 saturated carbocycles. The van der Waals surface area contributed by atoms with Crippen LogP contribution in [0.2, 0.25) is 0 Å². The Hall–Kier alpha value is -3.52. The first-order valence-corrected chi connectivity index (χ1v) is 12.7. The van der Waals surface area contributed by atoms with E-state index in [1.165, 1.54) is 24.6 Å². The Morgan fingerprint density at radius 1 is 1.00 bits per heavy atom. The van der Waals surface area contributed by atoms with Gasteiger partial charge in [0.15, 0.2) is 11.6 Å². The molecule has 2 aliphatic heterocycles. The molecule has 2 aromatic carbocycles. The van der Waals surface area contributed by atoms with E-state index < -0.39 is 11.6 Å². The molecule has 2 fully saturated rings. The van der Waals surface area contributed by atoms with Crippen molar-refractivity contribution < 1.29 is 18.4 Å². The highest BCUT2D eigenvalue weighted by Crippen LogP contribution is 2.41. The van der Waals surface area contributed by atoms with Gasteiger partial charge in [-0.1, -0.05) is 11.2 Å². The third-order valence-electron chi connectivity index (χ3n) is 7.34. The molecule has 0 bridgehead atoms. The van der Waals surface area contributed by atoms with Crippen LogP contribution < -0.4 is 9.64 Å². The second-order valence-corrected chi connectivity index (χ2v) is 9.87. The highest BCUT2D eigenvalue weighted by Gasteiger charge is 2.43. The van der Waals surface area contributed by atoms with Crippen molar-refractivity contribution in [2.24, 2.45) is 10.6 Å². The second-order valence-electron chi connectivity index (χ2n) is 9.87. The van der Waals surface area contributed by atoms with E-state index in [4.69, 9.17) is 9.57 Å². The molecule has 1 unspecified atom stereocenters. The van der Waals surface area contributed by atoms with Crippen molar-refractivity contribution in [1.29, 1.82) is 0 Å². The van der Waals surface area contributed by atoms with Crippen LogP contribution >= 0.6 is 0 Å². The summed E-state index contributed by atoms with van der Waals surface area (Å²) < 4.78 is 32.6. The topological polar surface area (TPSA) is 50.2 Å². The average molecular weight is 507 g/mol. The van der Waals surface area contributed by atoms with Gasteiger partial charge in [0.1, 0.15) is 18.1 Å². The summed E-state index contributed by atoms with van der Waals surface area (Å²) in [5.74, 6) is -0.954. The fourth-order valence-corrected chi connectivity index (χ4v) is 5.38. The number of methoxy groups -OCH3 is 1. The number of aromatic nitrogens is 1. The van der Waals surface area contributed by atoms with E-state index in [9.17, 15) is 8.78 Å². The molecule has 6 nitrogen and oxygen atoms in total. The van der Waals surface area contributed by atoms with E-state index in [2.05, 4.69) is 32.1 Å². The second kappa shape index (κ2) is 10.8. The number of halogens is 2. The molecule has 3 heterocycles. The summed E-state index contributed by atoms with van der Waals surface area (Å²) in [4.78, 5) is 14.8. The minimum Gasteiger partial charge on any atom is -0.497 e. The van der Waals surface area contributed by atoms with Crippen molar-refractivity contribution in [2.75, 3.05) is 44.8 Å². The minimum atomic E-state index is -0.932. The Kier molecular flexibility index (Phi) is 7.37. The van der Waals surface area contributed by atoms with E-state index in [0.29, 0.717) is 29.0 Å². The molecule has 5 rings (SSSR count). The van der Waals surface area contributed by atoms with E-state index in [-0.39, 0.29) is 0 Å². The molecule has 8 heteroatoms. The van der Waals surface area contributed by atoms with Crippen LogP contribution in [-0.2, 0) is 11.4 Å². The summed E-state index contributed by atoms with van der Waals surface area (Å²) in [6.45, 7) is 7.25. The number of rotatable bonds is 8. The Balaban J connectivity index is 1.23. The van der Waals surface area contributed by atoms with Gasteiger partial charge in [0, 0.05) is 49.0 Å². The summed E-state index contributed by atoms with van der Waals surface area (Å²) in [5, 5.41) is 4.12. The minimum absolute atomic E-state index is 0.317. The number of hydrogen-bond donors (Lipinski definition) is 0. The third kappa shape index (κ3) is 5.59. The first-order valence-electron chi connectivity index (χ1n) is 12.7. The fraction of sp³-hybridized carbons (Fsp3) is 0.379. The van der Waals surface area contributed by atoms with Gasteiger partial charge < -0.3 is 14.5 Å². The number of likely N-dealkylation sites (tertiary alicyclic amines) is 1. The zero-order valence-electron chi connectivity index (χ0n) is 21.3. The molecule has 2 saturated heterocycles. The predicted molar refractivity (Wildman–Crippen MR) is 140 cm³/mol. The van der Waals surface area contributed by atoms with Gasteiger partial charge in [0.05, 0.1) is 12.8 Å². The normalized spacial score (nSPS) is 20.1. The van der Waals surface area contributed by atoms with Crippen molar-refractivity contribution in [3.8, 4) is 5.75 Å². The highest BCUT2D eigenvalue weighted by atomic mass is 19.2. The maximum absolute atomic E-state index is 13.8. The molecule has 0 aliphatic carbocycles. The lowest BCUT2D eigenvalue weighted by Gasteiger charge is -2.26. The number of hydrogen-bond acceptors (Lipinski definition) is 6. The van der Waals surface area contributed by atoms with E-state index >= 15 is 0 Å². The van der Waals surface area contributed by atoms with Crippen molar-refractivity contribution in [2.45, 2.75) is 26.3 Å². The standard InChI is InChI=1S/C29H32F2N4O2/c1-3-37-33-28(22-5-10-25(30)26(31)16-22)27-11-4-21(17-32-27)18-34-14-12-29(19-34)13-15-35(20-29)23-6-8-24(36-2)9-7-23/h4-11,16-17H,3,12-15,18-20H2,1-2H3/b33-28+. The van der Waals surface area contributed by atoms with Crippen LogP contribution in [0.3, 0.4) is 0 Å². The van der Waals surface area contributed by atoms with Crippen molar-refractivity contribution in [3.63, 3.8) is 0 Å². The van der Waals surface area contributed by atoms with E-state index in [0.717, 1.165) is 56.2 Å². The molecule has 1 spiro atoms. The van der Waals surface area contributed by atoms with Crippen LogP contribution in [0.15, 0.2) is 65.9 Å². The highest BCUT2D eigenvalue weighted by molar-refractivity contribution is 6.11. The molecule has 3 aromatic rings. The molecular formula is C29H32F2N4O2. The lowest BCUT2D eigenvalue weighted by atomic mass is 9.86. The Morgan fingerprint density at radius 2 is 1.81 bits per heavy atom. The fourth-order valence-electron chi connectivity index (χ4n) is 5.38. The van der Waals surface area contributed by atoms with Gasteiger partial charge in [-0.3, -0.25) is 9.88 Å². The summed E-state index contributed by atoms with van der Waals surface area (Å²) >= 11 is 0. The van der Waals surface area contributed by atoms with Gasteiger partial charge in [-0.2, -0.15) is 0 Å².